The first-order valence-electron chi connectivity index (χ1n) is 8.56. The molecule has 6 nitrogen and oxygen atoms in total. The van der Waals surface area contributed by atoms with Crippen LogP contribution in [0.4, 0.5) is 5.82 Å². The highest BCUT2D eigenvalue weighted by Crippen LogP contribution is 2.23. The van der Waals surface area contributed by atoms with E-state index in [0.29, 0.717) is 12.0 Å². The highest BCUT2D eigenvalue weighted by Gasteiger charge is 2.14. The second-order valence-corrected chi connectivity index (χ2v) is 6.70. The molecule has 0 saturated carbocycles. The zero-order valence-corrected chi connectivity index (χ0v) is 15.4. The molecule has 0 aliphatic carbocycles. The summed E-state index contributed by atoms with van der Waals surface area (Å²) in [6.07, 6.45) is 4.75. The third kappa shape index (κ3) is 4.79. The van der Waals surface area contributed by atoms with Crippen LogP contribution < -0.4 is 15.5 Å². The smallest absolute Gasteiger partial charge is 0.128 e. The van der Waals surface area contributed by atoms with E-state index < -0.39 is 0 Å². The number of pyridine rings is 1. The largest absolute Gasteiger partial charge is 0.359 e. The number of nitrogens with zero attached hydrogens (tertiary/aromatic N) is 3. The summed E-state index contributed by atoms with van der Waals surface area (Å²) in [6, 6.07) is 4.56. The first kappa shape index (κ1) is 18.4. The number of nitrogens with one attached hydrogen (secondary N) is 3. The summed E-state index contributed by atoms with van der Waals surface area (Å²) < 4.78 is 0. The van der Waals surface area contributed by atoms with E-state index in [-0.39, 0.29) is 0 Å². The predicted molar refractivity (Wildman–Crippen MR) is 100 cm³/mol. The Morgan fingerprint density at radius 2 is 2.00 bits per heavy atom. The summed E-state index contributed by atoms with van der Waals surface area (Å²) in [6.45, 7) is 6.34. The fraction of sp³-hybridized carbons (Fsp3) is 0.556. The van der Waals surface area contributed by atoms with Gasteiger partial charge in [-0.1, -0.05) is 13.8 Å². The Labute approximate surface area is 145 Å². The predicted octanol–water partition coefficient (Wildman–Crippen LogP) is 1.91. The zero-order chi connectivity index (χ0) is 17.5. The molecule has 0 bridgehead atoms. The van der Waals surface area contributed by atoms with Gasteiger partial charge in [0.1, 0.15) is 5.82 Å². The van der Waals surface area contributed by atoms with Crippen LogP contribution in [0.5, 0.6) is 0 Å². The fourth-order valence-electron chi connectivity index (χ4n) is 2.90. The van der Waals surface area contributed by atoms with E-state index in [4.69, 9.17) is 0 Å². The minimum atomic E-state index is 0.371. The second kappa shape index (κ2) is 8.80. The van der Waals surface area contributed by atoms with Gasteiger partial charge in [-0.3, -0.25) is 5.10 Å². The van der Waals surface area contributed by atoms with Gasteiger partial charge in [0.2, 0.25) is 0 Å². The molecule has 2 aromatic heterocycles. The molecule has 0 aromatic carbocycles. The lowest BCUT2D eigenvalue weighted by atomic mass is 10.0. The Morgan fingerprint density at radius 1 is 1.21 bits per heavy atom. The van der Waals surface area contributed by atoms with Crippen LogP contribution in [0.2, 0.25) is 0 Å². The van der Waals surface area contributed by atoms with Crippen molar-refractivity contribution in [2.45, 2.75) is 26.3 Å². The maximum atomic E-state index is 4.61. The van der Waals surface area contributed by atoms with E-state index in [1.807, 2.05) is 26.5 Å². The van der Waals surface area contributed by atoms with Gasteiger partial charge in [0.25, 0.3) is 0 Å². The number of anilines is 1. The molecule has 1 atom stereocenters. The number of hydrogen-bond donors (Lipinski definition) is 3. The average Bonchev–Trinajstić information content (AvgIpc) is 3.02. The standard InChI is InChI=1S/C18H30N6/c1-13(2)12-24(5)17-7-6-14(9-21-17)18-15(10-22-23-18)8-16(20-4)11-19-3/h6-7,9-10,13,16,19-20H,8,11-12H2,1-5H3,(H,22,23). The van der Waals surface area contributed by atoms with Gasteiger partial charge in [-0.25, -0.2) is 4.98 Å². The molecule has 24 heavy (non-hydrogen) atoms. The molecule has 2 rings (SSSR count). The maximum Gasteiger partial charge on any atom is 0.128 e. The van der Waals surface area contributed by atoms with E-state index >= 15 is 0 Å². The van der Waals surface area contributed by atoms with E-state index in [2.05, 4.69) is 63.7 Å². The summed E-state index contributed by atoms with van der Waals surface area (Å²) in [5, 5.41) is 13.9. The molecule has 3 N–H and O–H groups in total. The van der Waals surface area contributed by atoms with Crippen molar-refractivity contribution in [3.63, 3.8) is 0 Å². The van der Waals surface area contributed by atoms with Crippen LogP contribution in [0.15, 0.2) is 24.5 Å². The van der Waals surface area contributed by atoms with Crippen LogP contribution in [-0.4, -0.2) is 55.5 Å². The van der Waals surface area contributed by atoms with Gasteiger partial charge in [0.05, 0.1) is 11.9 Å². The Morgan fingerprint density at radius 3 is 2.58 bits per heavy atom. The molecule has 0 amide bonds. The number of aromatic nitrogens is 3. The van der Waals surface area contributed by atoms with Crippen molar-refractivity contribution in [3.8, 4) is 11.3 Å². The summed E-state index contributed by atoms with van der Waals surface area (Å²) in [4.78, 5) is 6.80. The van der Waals surface area contributed by atoms with Gasteiger partial charge >= 0.3 is 0 Å². The van der Waals surface area contributed by atoms with Crippen molar-refractivity contribution < 1.29 is 0 Å². The number of likely N-dealkylation sites (N-methyl/N-ethyl adjacent to an activating group) is 2. The van der Waals surface area contributed by atoms with Crippen molar-refractivity contribution in [2.24, 2.45) is 5.92 Å². The van der Waals surface area contributed by atoms with Crippen molar-refractivity contribution in [1.82, 2.24) is 25.8 Å². The SMILES string of the molecule is CNCC(Cc1cn[nH]c1-c1ccc(N(C)CC(C)C)nc1)NC. The molecule has 0 radical (unpaired) electrons. The molecule has 0 fully saturated rings. The Hall–Kier alpha value is -1.92. The monoisotopic (exact) mass is 330 g/mol. The Kier molecular flexibility index (Phi) is 6.75. The third-order valence-corrected chi connectivity index (χ3v) is 4.11. The normalized spacial score (nSPS) is 12.6. The lowest BCUT2D eigenvalue weighted by Crippen LogP contribution is -2.36. The zero-order valence-electron chi connectivity index (χ0n) is 15.4. The molecule has 1 unspecified atom stereocenters. The van der Waals surface area contributed by atoms with E-state index in [0.717, 1.165) is 36.6 Å². The minimum Gasteiger partial charge on any atom is -0.359 e. The van der Waals surface area contributed by atoms with Crippen molar-refractivity contribution in [2.75, 3.05) is 39.1 Å². The van der Waals surface area contributed by atoms with E-state index in [9.17, 15) is 0 Å². The molecule has 2 heterocycles. The molecule has 0 spiro atoms. The van der Waals surface area contributed by atoms with Gasteiger partial charge < -0.3 is 15.5 Å². The Bertz CT molecular complexity index is 604. The summed E-state index contributed by atoms with van der Waals surface area (Å²) in [5.74, 6) is 1.61. The van der Waals surface area contributed by atoms with Crippen molar-refractivity contribution in [1.29, 1.82) is 0 Å². The first-order chi connectivity index (χ1) is 11.5. The number of hydrogen-bond acceptors (Lipinski definition) is 5. The van der Waals surface area contributed by atoms with Crippen LogP contribution >= 0.6 is 0 Å². The lowest BCUT2D eigenvalue weighted by molar-refractivity contribution is 0.530. The highest BCUT2D eigenvalue weighted by atomic mass is 15.2. The van der Waals surface area contributed by atoms with E-state index in [1.165, 1.54) is 5.56 Å². The van der Waals surface area contributed by atoms with Crippen molar-refractivity contribution in [3.05, 3.63) is 30.1 Å². The molecule has 0 aliphatic heterocycles. The van der Waals surface area contributed by atoms with Crippen LogP contribution in [0.25, 0.3) is 11.3 Å². The van der Waals surface area contributed by atoms with Gasteiger partial charge in [0.15, 0.2) is 0 Å². The molecule has 6 heteroatoms. The molecule has 2 aromatic rings. The number of rotatable bonds is 9. The quantitative estimate of drug-likeness (QED) is 0.655. The summed E-state index contributed by atoms with van der Waals surface area (Å²) >= 11 is 0. The number of aromatic amines is 1. The minimum absolute atomic E-state index is 0.371. The molecule has 132 valence electrons. The van der Waals surface area contributed by atoms with Crippen LogP contribution in [0.1, 0.15) is 19.4 Å². The van der Waals surface area contributed by atoms with Gasteiger partial charge in [-0.2, -0.15) is 5.10 Å². The maximum absolute atomic E-state index is 4.61. The van der Waals surface area contributed by atoms with Crippen LogP contribution in [0.3, 0.4) is 0 Å². The average molecular weight is 330 g/mol. The third-order valence-electron chi connectivity index (χ3n) is 4.11. The second-order valence-electron chi connectivity index (χ2n) is 6.70. The van der Waals surface area contributed by atoms with Crippen molar-refractivity contribution >= 4 is 5.82 Å². The topological polar surface area (TPSA) is 68.9 Å². The summed E-state index contributed by atoms with van der Waals surface area (Å²) in [7, 11) is 6.04. The number of H-pyrrole nitrogens is 1. The lowest BCUT2D eigenvalue weighted by Gasteiger charge is -2.20. The van der Waals surface area contributed by atoms with Gasteiger partial charge in [-0.15, -0.1) is 0 Å². The Balaban J connectivity index is 2.13. The van der Waals surface area contributed by atoms with E-state index in [1.54, 1.807) is 0 Å². The molecule has 0 aliphatic rings. The van der Waals surface area contributed by atoms with Crippen LogP contribution in [-0.2, 0) is 6.42 Å². The van der Waals surface area contributed by atoms with Gasteiger partial charge in [0, 0.05) is 37.9 Å². The summed E-state index contributed by atoms with van der Waals surface area (Å²) in [5.41, 5.74) is 3.33. The molecular formula is C18H30N6. The fourth-order valence-corrected chi connectivity index (χ4v) is 2.90. The van der Waals surface area contributed by atoms with Crippen LogP contribution in [0, 0.1) is 5.92 Å². The van der Waals surface area contributed by atoms with Gasteiger partial charge in [-0.05, 0) is 44.1 Å². The molecule has 0 saturated heterocycles. The highest BCUT2D eigenvalue weighted by molar-refractivity contribution is 5.63. The first-order valence-corrected chi connectivity index (χ1v) is 8.56. The molecular weight excluding hydrogens is 300 g/mol.